The van der Waals surface area contributed by atoms with Crippen molar-refractivity contribution in [1.29, 1.82) is 0 Å². The van der Waals surface area contributed by atoms with Gasteiger partial charge in [0.1, 0.15) is 11.2 Å². The van der Waals surface area contributed by atoms with Crippen molar-refractivity contribution in [2.24, 2.45) is 0 Å². The summed E-state index contributed by atoms with van der Waals surface area (Å²) in [6.45, 7) is 5.98. The van der Waals surface area contributed by atoms with Crippen LogP contribution in [-0.2, 0) is 0 Å². The van der Waals surface area contributed by atoms with Gasteiger partial charge in [0.25, 0.3) is 0 Å². The molecule has 0 unspecified atom stereocenters. The van der Waals surface area contributed by atoms with Crippen LogP contribution in [0.3, 0.4) is 0 Å². The van der Waals surface area contributed by atoms with Crippen molar-refractivity contribution < 1.29 is 4.42 Å². The van der Waals surface area contributed by atoms with Crippen LogP contribution in [0.15, 0.2) is 169 Å². The van der Waals surface area contributed by atoms with E-state index in [1.54, 1.807) is 6.08 Å². The number of rotatable bonds is 5. The molecule has 226 valence electrons. The molecule has 0 radical (unpaired) electrons. The summed E-state index contributed by atoms with van der Waals surface area (Å²) in [5.41, 5.74) is 11.5. The van der Waals surface area contributed by atoms with Crippen molar-refractivity contribution in [2.75, 3.05) is 0 Å². The zero-order valence-electron chi connectivity index (χ0n) is 26.7. The molecule has 0 spiro atoms. The highest BCUT2D eigenvalue weighted by molar-refractivity contribution is 6.25. The number of hydrogen-bond acceptors (Lipinski definition) is 1. The minimum atomic E-state index is 0.894. The first-order valence-corrected chi connectivity index (χ1v) is 16.5. The Morgan fingerprint density at radius 2 is 1.10 bits per heavy atom. The zero-order valence-corrected chi connectivity index (χ0v) is 26.7. The van der Waals surface area contributed by atoms with Crippen LogP contribution in [0, 0.1) is 6.92 Å². The molecule has 1 aromatic heterocycles. The summed E-state index contributed by atoms with van der Waals surface area (Å²) in [6, 6.07) is 53.0. The summed E-state index contributed by atoms with van der Waals surface area (Å²) in [6.07, 6.45) is 5.85. The van der Waals surface area contributed by atoms with Crippen molar-refractivity contribution in [3.8, 4) is 33.4 Å². The maximum atomic E-state index is 6.41. The van der Waals surface area contributed by atoms with Gasteiger partial charge in [-0.1, -0.05) is 146 Å². The van der Waals surface area contributed by atoms with Crippen LogP contribution < -0.4 is 0 Å². The van der Waals surface area contributed by atoms with Crippen LogP contribution in [-0.4, -0.2) is 0 Å². The van der Waals surface area contributed by atoms with Crippen LogP contribution >= 0.6 is 0 Å². The lowest BCUT2D eigenvalue weighted by molar-refractivity contribution is 0.669. The number of furan rings is 1. The fraction of sp³-hybridized carbons (Fsp3) is 0.0213. The summed E-state index contributed by atoms with van der Waals surface area (Å²) in [5, 5.41) is 9.71. The molecule has 0 aliphatic rings. The SMILES string of the molecule is C=C/C=C\c1cc2oc3ccc(-c4c5ccccc5c(-c5c(-c6ccccc6)ccc6ccccc56)c5ccccc45)cc3c2cc1C. The van der Waals surface area contributed by atoms with Gasteiger partial charge in [0.05, 0.1) is 0 Å². The maximum absolute atomic E-state index is 6.41. The molecule has 0 saturated carbocycles. The minimum Gasteiger partial charge on any atom is -0.456 e. The van der Waals surface area contributed by atoms with Crippen LogP contribution in [0.25, 0.3) is 93.7 Å². The fourth-order valence-electron chi connectivity index (χ4n) is 7.56. The monoisotopic (exact) mass is 612 g/mol. The lowest BCUT2D eigenvalue weighted by Gasteiger charge is -2.21. The van der Waals surface area contributed by atoms with Crippen LogP contribution in [0.2, 0.25) is 0 Å². The Balaban J connectivity index is 1.37. The summed E-state index contributed by atoms with van der Waals surface area (Å²) >= 11 is 0. The molecule has 48 heavy (non-hydrogen) atoms. The van der Waals surface area contributed by atoms with Crippen molar-refractivity contribution in [2.45, 2.75) is 6.92 Å². The van der Waals surface area contributed by atoms with Crippen molar-refractivity contribution >= 4 is 60.3 Å². The highest BCUT2D eigenvalue weighted by Gasteiger charge is 2.21. The second-order valence-corrected chi connectivity index (χ2v) is 12.5. The Morgan fingerprint density at radius 3 is 1.81 bits per heavy atom. The molecule has 0 amide bonds. The smallest absolute Gasteiger partial charge is 0.136 e. The van der Waals surface area contributed by atoms with Crippen molar-refractivity contribution in [1.82, 2.24) is 0 Å². The Kier molecular flexibility index (Phi) is 6.59. The number of allylic oxidation sites excluding steroid dienone is 2. The molecular weight excluding hydrogens is 581 g/mol. The molecule has 0 saturated heterocycles. The van der Waals surface area contributed by atoms with Gasteiger partial charge in [-0.15, -0.1) is 0 Å². The van der Waals surface area contributed by atoms with Gasteiger partial charge in [-0.05, 0) is 108 Å². The molecule has 1 nitrogen and oxygen atoms in total. The number of benzene rings is 8. The van der Waals surface area contributed by atoms with Gasteiger partial charge in [0, 0.05) is 10.8 Å². The van der Waals surface area contributed by atoms with Crippen LogP contribution in [0.5, 0.6) is 0 Å². The van der Waals surface area contributed by atoms with Gasteiger partial charge >= 0.3 is 0 Å². The Bertz CT molecular complexity index is 2680. The average molecular weight is 613 g/mol. The number of hydrogen-bond donors (Lipinski definition) is 0. The zero-order chi connectivity index (χ0) is 32.2. The summed E-state index contributed by atoms with van der Waals surface area (Å²) in [5.74, 6) is 0. The van der Waals surface area contributed by atoms with E-state index in [0.717, 1.165) is 27.5 Å². The van der Waals surface area contributed by atoms with Gasteiger partial charge in [-0.25, -0.2) is 0 Å². The third-order valence-corrected chi connectivity index (χ3v) is 9.75. The van der Waals surface area contributed by atoms with Crippen LogP contribution in [0.4, 0.5) is 0 Å². The molecule has 0 fully saturated rings. The minimum absolute atomic E-state index is 0.894. The molecule has 0 bridgehead atoms. The molecule has 0 aliphatic carbocycles. The molecule has 8 aromatic carbocycles. The predicted molar refractivity (Wildman–Crippen MR) is 207 cm³/mol. The van der Waals surface area contributed by atoms with Gasteiger partial charge in [0.2, 0.25) is 0 Å². The van der Waals surface area contributed by atoms with E-state index in [1.165, 1.54) is 71.3 Å². The van der Waals surface area contributed by atoms with E-state index in [1.807, 2.05) is 6.08 Å². The Labute approximate surface area is 279 Å². The first-order valence-electron chi connectivity index (χ1n) is 16.5. The van der Waals surface area contributed by atoms with Crippen molar-refractivity contribution in [3.63, 3.8) is 0 Å². The van der Waals surface area contributed by atoms with E-state index >= 15 is 0 Å². The third-order valence-electron chi connectivity index (χ3n) is 9.75. The van der Waals surface area contributed by atoms with Gasteiger partial charge in [-0.2, -0.15) is 0 Å². The molecular formula is C47H32O. The lowest BCUT2D eigenvalue weighted by Crippen LogP contribution is -1.94. The average Bonchev–Trinajstić information content (AvgIpc) is 3.49. The predicted octanol–water partition coefficient (Wildman–Crippen LogP) is 13.6. The van der Waals surface area contributed by atoms with E-state index in [9.17, 15) is 0 Å². The third kappa shape index (κ3) is 4.40. The van der Waals surface area contributed by atoms with Gasteiger partial charge in [0.15, 0.2) is 0 Å². The van der Waals surface area contributed by atoms with Crippen LogP contribution in [0.1, 0.15) is 11.1 Å². The molecule has 0 aliphatic heterocycles. The summed E-state index contributed by atoms with van der Waals surface area (Å²) in [7, 11) is 0. The van der Waals surface area contributed by atoms with E-state index in [0.29, 0.717) is 0 Å². The number of fused-ring (bicyclic) bond motifs is 6. The molecule has 9 aromatic rings. The molecule has 0 atom stereocenters. The highest BCUT2D eigenvalue weighted by atomic mass is 16.3. The highest BCUT2D eigenvalue weighted by Crippen LogP contribution is 2.48. The van der Waals surface area contributed by atoms with E-state index in [-0.39, 0.29) is 0 Å². The van der Waals surface area contributed by atoms with E-state index < -0.39 is 0 Å². The van der Waals surface area contributed by atoms with Gasteiger partial charge in [-0.3, -0.25) is 0 Å². The second kappa shape index (κ2) is 11.3. The molecule has 1 heterocycles. The maximum Gasteiger partial charge on any atom is 0.136 e. The normalized spacial score (nSPS) is 11.9. The topological polar surface area (TPSA) is 13.1 Å². The molecule has 1 heteroatoms. The van der Waals surface area contributed by atoms with E-state index in [2.05, 4.69) is 165 Å². The van der Waals surface area contributed by atoms with Gasteiger partial charge < -0.3 is 4.42 Å². The van der Waals surface area contributed by atoms with Crippen molar-refractivity contribution in [3.05, 3.63) is 175 Å². The molecule has 0 N–H and O–H groups in total. The lowest BCUT2D eigenvalue weighted by atomic mass is 9.82. The quantitative estimate of drug-likeness (QED) is 0.139. The second-order valence-electron chi connectivity index (χ2n) is 12.5. The summed E-state index contributed by atoms with van der Waals surface area (Å²) in [4.78, 5) is 0. The first-order chi connectivity index (χ1) is 23.7. The largest absolute Gasteiger partial charge is 0.456 e. The molecule has 9 rings (SSSR count). The first kappa shape index (κ1) is 28.1. The van der Waals surface area contributed by atoms with E-state index in [4.69, 9.17) is 4.42 Å². The standard InChI is InChI=1S/C47H32O/c1-3-4-14-33-29-44-41(27-30(33)2)42-28-34(24-26-43(42)48-44)45-37-19-10-12-21-39(37)47(40-22-13-11-20-38(40)45)46-35-18-9-8-17-32(35)23-25-36(46)31-15-6-5-7-16-31/h3-29H,1H2,2H3/b14-4-. The fourth-order valence-corrected chi connectivity index (χ4v) is 7.56. The Morgan fingerprint density at radius 1 is 0.479 bits per heavy atom. The number of aryl methyl sites for hydroxylation is 1. The summed E-state index contributed by atoms with van der Waals surface area (Å²) < 4.78 is 6.41. The Hall–Kier alpha value is -6.18.